The second-order valence-electron chi connectivity index (χ2n) is 5.29. The van der Waals surface area contributed by atoms with Gasteiger partial charge >= 0.3 is 24.7 Å². The Morgan fingerprint density at radius 3 is 1.29 bits per heavy atom. The minimum absolute atomic E-state index is 0. The Labute approximate surface area is 158 Å². The molecule has 0 aliphatic rings. The largest absolute Gasteiger partial charge is 0.416 e. The minimum Gasteiger partial charge on any atom is -0.388 e. The van der Waals surface area contributed by atoms with E-state index in [4.69, 9.17) is 5.11 Å². The van der Waals surface area contributed by atoms with E-state index < -0.39 is 77.7 Å². The van der Waals surface area contributed by atoms with Gasteiger partial charge in [0.2, 0.25) is 0 Å². The van der Waals surface area contributed by atoms with Gasteiger partial charge in [-0.25, -0.2) is 0 Å². The van der Waals surface area contributed by atoms with E-state index in [1.54, 1.807) is 0 Å². The summed E-state index contributed by atoms with van der Waals surface area (Å²) in [5.74, 6) is 0. The van der Waals surface area contributed by atoms with Gasteiger partial charge in [-0.2, -0.15) is 52.7 Å². The number of alkyl halides is 12. The van der Waals surface area contributed by atoms with Gasteiger partial charge in [0.1, 0.15) is 0 Å². The molecule has 1 rings (SSSR count). The zero-order valence-electron chi connectivity index (χ0n) is 12.8. The van der Waals surface area contributed by atoms with Crippen molar-refractivity contribution in [3.8, 4) is 0 Å². The molecule has 0 spiro atoms. The maximum atomic E-state index is 13.0. The molecule has 0 fully saturated rings. The predicted molar refractivity (Wildman–Crippen MR) is 63.1 cm³/mol. The quantitative estimate of drug-likeness (QED) is 0.468. The predicted octanol–water partition coefficient (Wildman–Crippen LogP) is 5.09. The molecule has 0 aliphatic carbocycles. The Bertz CT molecular complexity index is 639. The van der Waals surface area contributed by atoms with Crippen LogP contribution in [-0.2, 0) is 35.6 Å². The number of hydrogen-bond acceptors (Lipinski definition) is 2. The molecule has 1 aromatic rings. The van der Waals surface area contributed by atoms with E-state index in [9.17, 15) is 57.8 Å². The van der Waals surface area contributed by atoms with Crippen LogP contribution in [0.25, 0.3) is 0 Å². The Balaban J connectivity index is 0.00000729. The van der Waals surface area contributed by atoms with Crippen molar-refractivity contribution in [2.45, 2.75) is 43.3 Å². The molecule has 28 heavy (non-hydrogen) atoms. The van der Waals surface area contributed by atoms with Crippen molar-refractivity contribution in [1.29, 1.82) is 0 Å². The van der Waals surface area contributed by atoms with Gasteiger partial charge in [-0.3, -0.25) is 0 Å². The second kappa shape index (κ2) is 8.28. The average molecular weight is 480 g/mol. The zero-order valence-corrected chi connectivity index (χ0v) is 13.9. The van der Waals surface area contributed by atoms with Crippen molar-refractivity contribution in [3.05, 3.63) is 34.4 Å². The molecule has 2 atom stereocenters. The SMILES string of the molecule is OC(CC(O)C(F)(F)F)c1c(C(F)(F)F)cc(C(F)(F)F)cc1C(F)(F)F.[Fe]. The van der Waals surface area contributed by atoms with Gasteiger partial charge in [0, 0.05) is 29.1 Å². The van der Waals surface area contributed by atoms with Crippen LogP contribution < -0.4 is 0 Å². The Morgan fingerprint density at radius 1 is 0.679 bits per heavy atom. The summed E-state index contributed by atoms with van der Waals surface area (Å²) in [7, 11) is 0. The van der Waals surface area contributed by atoms with Crippen LogP contribution in [0.3, 0.4) is 0 Å². The third-order valence-electron chi connectivity index (χ3n) is 3.28. The third kappa shape index (κ3) is 6.42. The molecule has 0 aliphatic heterocycles. The monoisotopic (exact) mass is 480 g/mol. The number of rotatable bonds is 3. The van der Waals surface area contributed by atoms with Gasteiger partial charge in [-0.05, 0) is 12.1 Å². The standard InChI is InChI=1S/C13H8F12O2.Fe/c14-10(15,16)4-1-5(11(17,18)19)9(6(2-4)12(20,21)22)7(26)3-8(27)13(23,24)25;/h1-2,7-8,26-27H,3H2;. The van der Waals surface area contributed by atoms with Crippen LogP contribution in [0.2, 0.25) is 0 Å². The van der Waals surface area contributed by atoms with Crippen molar-refractivity contribution in [2.75, 3.05) is 0 Å². The molecule has 0 bridgehead atoms. The molecule has 1 aromatic carbocycles. The average Bonchev–Trinajstić information content (AvgIpc) is 2.41. The van der Waals surface area contributed by atoms with E-state index in [0.717, 1.165) is 0 Å². The van der Waals surface area contributed by atoms with Crippen LogP contribution in [0.5, 0.6) is 0 Å². The first-order valence-corrected chi connectivity index (χ1v) is 6.58. The summed E-state index contributed by atoms with van der Waals surface area (Å²) in [6.07, 6.45) is -31.7. The molecule has 2 unspecified atom stereocenters. The minimum atomic E-state index is -5.87. The first-order chi connectivity index (χ1) is 11.8. The Hall–Kier alpha value is -1.18. The van der Waals surface area contributed by atoms with Gasteiger partial charge in [0.05, 0.1) is 22.8 Å². The van der Waals surface area contributed by atoms with Crippen LogP contribution in [0.15, 0.2) is 12.1 Å². The molecule has 15 heteroatoms. The molecule has 164 valence electrons. The topological polar surface area (TPSA) is 40.5 Å². The van der Waals surface area contributed by atoms with E-state index >= 15 is 0 Å². The fraction of sp³-hybridized carbons (Fsp3) is 0.538. The molecule has 0 saturated carbocycles. The summed E-state index contributed by atoms with van der Waals surface area (Å²) in [6.45, 7) is 0. The van der Waals surface area contributed by atoms with E-state index in [2.05, 4.69) is 0 Å². The number of benzene rings is 1. The van der Waals surface area contributed by atoms with Crippen molar-refractivity contribution >= 4 is 0 Å². The van der Waals surface area contributed by atoms with Crippen LogP contribution in [-0.4, -0.2) is 22.5 Å². The maximum absolute atomic E-state index is 13.0. The number of halogens is 12. The van der Waals surface area contributed by atoms with E-state index in [-0.39, 0.29) is 17.1 Å². The van der Waals surface area contributed by atoms with Crippen molar-refractivity contribution in [3.63, 3.8) is 0 Å². The first kappa shape index (κ1) is 26.8. The van der Waals surface area contributed by atoms with Crippen molar-refractivity contribution in [2.24, 2.45) is 0 Å². The molecular weight excluding hydrogens is 472 g/mol. The van der Waals surface area contributed by atoms with E-state index in [1.807, 2.05) is 0 Å². The Morgan fingerprint density at radius 2 is 1.04 bits per heavy atom. The summed E-state index contributed by atoms with van der Waals surface area (Å²) in [5, 5.41) is 18.3. The Kier molecular flexibility index (Phi) is 7.93. The summed E-state index contributed by atoms with van der Waals surface area (Å²) in [5.41, 5.74) is -9.85. The second-order valence-corrected chi connectivity index (χ2v) is 5.29. The van der Waals surface area contributed by atoms with Gasteiger partial charge in [0.15, 0.2) is 6.10 Å². The summed E-state index contributed by atoms with van der Waals surface area (Å²) < 4.78 is 153. The first-order valence-electron chi connectivity index (χ1n) is 6.58. The molecule has 2 N–H and O–H groups in total. The zero-order chi connectivity index (χ0) is 21.6. The summed E-state index contributed by atoms with van der Waals surface area (Å²) in [6, 6.07) is -1.51. The maximum Gasteiger partial charge on any atom is 0.416 e. The van der Waals surface area contributed by atoms with E-state index in [0.29, 0.717) is 0 Å². The molecule has 2 nitrogen and oxygen atoms in total. The van der Waals surface area contributed by atoms with Crippen LogP contribution in [0.4, 0.5) is 52.7 Å². The summed E-state index contributed by atoms with van der Waals surface area (Å²) in [4.78, 5) is 0. The van der Waals surface area contributed by atoms with E-state index in [1.165, 1.54) is 0 Å². The third-order valence-corrected chi connectivity index (χ3v) is 3.28. The van der Waals surface area contributed by atoms with Crippen molar-refractivity contribution < 1.29 is 80.0 Å². The van der Waals surface area contributed by atoms with Crippen LogP contribution in [0, 0.1) is 0 Å². The molecular formula is C13H8F12FeO2. The molecule has 0 saturated heterocycles. The number of aliphatic hydroxyl groups excluding tert-OH is 2. The molecule has 0 amide bonds. The van der Waals surface area contributed by atoms with Crippen LogP contribution in [0.1, 0.15) is 34.8 Å². The van der Waals surface area contributed by atoms with Crippen molar-refractivity contribution in [1.82, 2.24) is 0 Å². The molecule has 0 heterocycles. The molecule has 0 aromatic heterocycles. The van der Waals surface area contributed by atoms with Gasteiger partial charge in [0.25, 0.3) is 0 Å². The van der Waals surface area contributed by atoms with Gasteiger partial charge in [-0.15, -0.1) is 0 Å². The summed E-state index contributed by atoms with van der Waals surface area (Å²) >= 11 is 0. The number of aliphatic hydroxyl groups is 2. The van der Waals surface area contributed by atoms with Gasteiger partial charge < -0.3 is 10.2 Å². The normalized spacial score (nSPS) is 15.8. The van der Waals surface area contributed by atoms with Crippen LogP contribution >= 0.6 is 0 Å². The fourth-order valence-corrected chi connectivity index (χ4v) is 2.11. The fourth-order valence-electron chi connectivity index (χ4n) is 2.11. The number of hydrogen-bond donors (Lipinski definition) is 2. The molecule has 0 radical (unpaired) electrons. The van der Waals surface area contributed by atoms with Gasteiger partial charge in [-0.1, -0.05) is 0 Å². The smallest absolute Gasteiger partial charge is 0.388 e.